The van der Waals surface area contributed by atoms with E-state index in [0.717, 1.165) is 6.07 Å². The molecule has 0 spiro atoms. The highest BCUT2D eigenvalue weighted by Crippen LogP contribution is 2.40. The van der Waals surface area contributed by atoms with E-state index in [1.807, 2.05) is 0 Å². The molecular weight excluding hydrogens is 632 g/mol. The van der Waals surface area contributed by atoms with Crippen LogP contribution in [0.3, 0.4) is 0 Å². The van der Waals surface area contributed by atoms with Crippen LogP contribution in [-0.4, -0.2) is 54.6 Å². The number of aryl methyl sites for hydroxylation is 1. The minimum absolute atomic E-state index is 0.0338. The Kier molecular flexibility index (Phi) is 10.6. The van der Waals surface area contributed by atoms with E-state index in [2.05, 4.69) is 0 Å². The van der Waals surface area contributed by atoms with Gasteiger partial charge in [0.2, 0.25) is 11.5 Å². The molecule has 0 fully saturated rings. The summed E-state index contributed by atoms with van der Waals surface area (Å²) in [6, 6.07) is 7.74. The van der Waals surface area contributed by atoms with Crippen molar-refractivity contribution in [2.75, 3.05) is 11.4 Å². The number of carboxylic acid groups (broad SMARTS) is 2. The number of fused-ring (bicyclic) bond motifs is 2. The minimum Gasteiger partial charge on any atom is -0.744 e. The molecule has 0 atom stereocenters. The molecule has 0 bridgehead atoms. The first-order chi connectivity index (χ1) is 21.2. The van der Waals surface area contributed by atoms with Crippen LogP contribution in [0.4, 0.5) is 5.69 Å². The summed E-state index contributed by atoms with van der Waals surface area (Å²) < 4.78 is 81.1. The van der Waals surface area contributed by atoms with E-state index in [1.165, 1.54) is 30.3 Å². The highest BCUT2D eigenvalue weighted by Gasteiger charge is 2.27. The number of benzene rings is 2. The number of unbranched alkanes of at least 4 members (excludes halogenated alkanes) is 4. The van der Waals surface area contributed by atoms with E-state index >= 15 is 0 Å². The lowest BCUT2D eigenvalue weighted by Gasteiger charge is -2.18. The number of rotatable bonds is 16. The van der Waals surface area contributed by atoms with Crippen LogP contribution < -0.4 is 14.2 Å². The Hall–Kier alpha value is -4.25. The molecule has 1 aliphatic heterocycles. The first-order valence-electron chi connectivity index (χ1n) is 14.1. The fourth-order valence-electron chi connectivity index (χ4n) is 4.86. The predicted molar refractivity (Wildman–Crippen MR) is 158 cm³/mol. The number of hydrogen-bond acceptors (Lipinski definition) is 10. The van der Waals surface area contributed by atoms with Crippen molar-refractivity contribution in [2.24, 2.45) is 0 Å². The zero-order valence-electron chi connectivity index (χ0n) is 24.0. The fourth-order valence-corrected chi connectivity index (χ4v) is 5.84. The molecule has 3 N–H and O–H groups in total. The number of anilines is 1. The molecule has 3 aromatic rings. The summed E-state index contributed by atoms with van der Waals surface area (Å²) in [6.45, 7) is 0.833. The van der Waals surface area contributed by atoms with Gasteiger partial charge in [-0.3, -0.25) is 14.1 Å². The summed E-state index contributed by atoms with van der Waals surface area (Å²) in [5, 5.41) is 17.8. The Bertz CT molecular complexity index is 1860. The van der Waals surface area contributed by atoms with Crippen molar-refractivity contribution < 1.29 is 59.5 Å². The lowest BCUT2D eigenvalue weighted by Crippen LogP contribution is -2.35. The van der Waals surface area contributed by atoms with Crippen molar-refractivity contribution in [1.82, 2.24) is 0 Å². The third-order valence-corrected chi connectivity index (χ3v) is 8.70. The largest absolute Gasteiger partial charge is 0.744 e. The van der Waals surface area contributed by atoms with Crippen molar-refractivity contribution in [3.63, 3.8) is 0 Å². The van der Waals surface area contributed by atoms with Gasteiger partial charge in [0.25, 0.3) is 15.6 Å². The van der Waals surface area contributed by atoms with Gasteiger partial charge in [-0.25, -0.2) is 8.42 Å². The lowest BCUT2D eigenvalue weighted by molar-refractivity contribution is -0.678. The van der Waals surface area contributed by atoms with Gasteiger partial charge in [0, 0.05) is 44.0 Å². The van der Waals surface area contributed by atoms with Gasteiger partial charge in [0.05, 0.1) is 21.6 Å². The maximum Gasteiger partial charge on any atom is 0.374 e. The number of allylic oxidation sites excluding steroid dienone is 2. The molecule has 0 unspecified atom stereocenters. The Balaban J connectivity index is 1.62. The Morgan fingerprint density at radius 3 is 2.20 bits per heavy atom. The number of nitrogens with zero attached hydrogens (tertiary/aromatic N) is 2. The summed E-state index contributed by atoms with van der Waals surface area (Å²) in [5.41, 5.74) is 1.27. The summed E-state index contributed by atoms with van der Waals surface area (Å²) in [7, 11) is -9.21. The summed E-state index contributed by atoms with van der Waals surface area (Å²) in [4.78, 5) is 22.7. The molecule has 0 saturated heterocycles. The molecule has 4 rings (SSSR count). The Morgan fingerprint density at radius 1 is 0.889 bits per heavy atom. The topological polar surface area (TPSA) is 216 Å². The maximum atomic E-state index is 11.7. The van der Waals surface area contributed by atoms with Crippen molar-refractivity contribution in [3.8, 4) is 5.75 Å². The molecule has 1 aliphatic rings. The van der Waals surface area contributed by atoms with E-state index in [0.29, 0.717) is 74.6 Å². The van der Waals surface area contributed by atoms with E-state index in [-0.39, 0.29) is 29.1 Å². The van der Waals surface area contributed by atoms with Crippen LogP contribution in [0.2, 0.25) is 0 Å². The number of hydrogen-bond donors (Lipinski definition) is 3. The first kappa shape index (κ1) is 33.6. The second-order valence-corrected chi connectivity index (χ2v) is 13.1. The summed E-state index contributed by atoms with van der Waals surface area (Å²) in [5.74, 6) is -0.982. The number of carboxylic acids is 2. The van der Waals surface area contributed by atoms with Gasteiger partial charge in [-0.05, 0) is 56.0 Å². The smallest absolute Gasteiger partial charge is 0.374 e. The van der Waals surface area contributed by atoms with Crippen LogP contribution >= 0.6 is 0 Å². The highest BCUT2D eigenvalue weighted by molar-refractivity contribution is 7.86. The second-order valence-electron chi connectivity index (χ2n) is 10.3. The molecule has 0 aliphatic carbocycles. The average molecular weight is 665 g/mol. The third-order valence-electron chi connectivity index (χ3n) is 7.01. The van der Waals surface area contributed by atoms with Gasteiger partial charge in [-0.1, -0.05) is 6.42 Å². The normalized spacial score (nSPS) is 14.4. The number of aliphatic carboxylic acids is 2. The summed E-state index contributed by atoms with van der Waals surface area (Å²) in [6.07, 6.45) is 8.27. The predicted octanol–water partition coefficient (Wildman–Crippen LogP) is 3.91. The SMILES string of the molecule is O=C(O)CCCCCN1C(=CC=Cc2oc3cc(S(=O)(=O)O)ccc3[n+]2CCCCCC(=O)O)Oc2cc(S(=O)(=O)[O-])ccc21. The molecule has 14 nitrogen and oxygen atoms in total. The molecule has 2 aromatic carbocycles. The second kappa shape index (κ2) is 14.2. The minimum atomic E-state index is -4.73. The van der Waals surface area contributed by atoms with Crippen LogP contribution in [0.25, 0.3) is 17.2 Å². The summed E-state index contributed by atoms with van der Waals surface area (Å²) >= 11 is 0. The van der Waals surface area contributed by atoms with Crippen LogP contribution in [0.1, 0.15) is 57.3 Å². The molecule has 1 aromatic heterocycles. The molecule has 0 amide bonds. The van der Waals surface area contributed by atoms with Crippen molar-refractivity contribution in [2.45, 2.75) is 67.7 Å². The van der Waals surface area contributed by atoms with Gasteiger partial charge in [0.15, 0.2) is 12.3 Å². The molecule has 0 saturated carbocycles. The van der Waals surface area contributed by atoms with E-state index in [4.69, 9.17) is 19.4 Å². The van der Waals surface area contributed by atoms with Crippen molar-refractivity contribution >= 4 is 55.0 Å². The number of oxazole rings is 1. The van der Waals surface area contributed by atoms with Crippen molar-refractivity contribution in [3.05, 3.63) is 60.3 Å². The van der Waals surface area contributed by atoms with Gasteiger partial charge in [-0.2, -0.15) is 13.0 Å². The quantitative estimate of drug-likeness (QED) is 0.113. The van der Waals surface area contributed by atoms with E-state index < -0.39 is 37.1 Å². The molecule has 0 radical (unpaired) electrons. The maximum absolute atomic E-state index is 11.7. The van der Waals surface area contributed by atoms with E-state index in [9.17, 15) is 35.5 Å². The monoisotopic (exact) mass is 664 g/mol. The number of aromatic nitrogens is 1. The van der Waals surface area contributed by atoms with E-state index in [1.54, 1.807) is 27.7 Å². The molecular formula is C29H32N2O12S2. The fraction of sp³-hybridized carbons (Fsp3) is 0.345. The lowest BCUT2D eigenvalue weighted by atomic mass is 10.2. The van der Waals surface area contributed by atoms with Crippen LogP contribution in [0.15, 0.2) is 68.6 Å². The highest BCUT2D eigenvalue weighted by atomic mass is 32.2. The first-order valence-corrected chi connectivity index (χ1v) is 16.9. The zero-order valence-corrected chi connectivity index (χ0v) is 25.6. The zero-order chi connectivity index (χ0) is 32.8. The van der Waals surface area contributed by atoms with Crippen LogP contribution in [0.5, 0.6) is 5.75 Å². The molecule has 242 valence electrons. The van der Waals surface area contributed by atoms with Gasteiger partial charge < -0.3 is 28.8 Å². The van der Waals surface area contributed by atoms with Crippen LogP contribution in [-0.2, 0) is 36.4 Å². The van der Waals surface area contributed by atoms with Gasteiger partial charge >= 0.3 is 17.8 Å². The number of ether oxygens (including phenoxy) is 1. The molecule has 45 heavy (non-hydrogen) atoms. The third kappa shape index (κ3) is 8.91. The Labute approximate surface area is 259 Å². The number of carbonyl (C=O) groups is 2. The van der Waals surface area contributed by atoms with Crippen LogP contribution in [0, 0.1) is 0 Å². The van der Waals surface area contributed by atoms with Gasteiger partial charge in [0.1, 0.15) is 10.1 Å². The molecule has 2 heterocycles. The van der Waals surface area contributed by atoms with Crippen molar-refractivity contribution in [1.29, 1.82) is 0 Å². The van der Waals surface area contributed by atoms with Gasteiger partial charge in [-0.15, -0.1) is 0 Å². The average Bonchev–Trinajstić information content (AvgIpc) is 3.48. The molecule has 16 heteroatoms. The standard InChI is InChI=1S/C29H32N2O12S2/c32-28(33)10-3-1-5-16-30-22-14-12-20(44(36,37)38)18-24(22)42-26(30)8-7-9-27-31(17-6-2-4-11-29(34)35)23-15-13-21(45(39,40)41)19-25(23)43-27/h7-9,12-15,18-19H,1-6,10-11,16-17H2,(H3-,32,33,34,35,36,37,38,39,40,41). The Morgan fingerprint density at radius 2 is 1.56 bits per heavy atom.